The summed E-state index contributed by atoms with van der Waals surface area (Å²) in [5, 5.41) is 8.58. The van der Waals surface area contributed by atoms with Crippen LogP contribution in [0.15, 0.2) is 18.2 Å². The second kappa shape index (κ2) is 7.85. The van der Waals surface area contributed by atoms with E-state index < -0.39 is 0 Å². The normalized spacial score (nSPS) is 13.1. The maximum Gasteiger partial charge on any atom is 0.165 e. The van der Waals surface area contributed by atoms with Crippen LogP contribution in [-0.4, -0.2) is 34.0 Å². The molecule has 0 amide bonds. The van der Waals surface area contributed by atoms with Crippen LogP contribution in [0.25, 0.3) is 16.8 Å². The number of rotatable bonds is 7. The van der Waals surface area contributed by atoms with Gasteiger partial charge >= 0.3 is 0 Å². The first-order valence-electron chi connectivity index (χ1n) is 10.4. The molecule has 0 bridgehead atoms. The van der Waals surface area contributed by atoms with Crippen molar-refractivity contribution in [3.8, 4) is 16.9 Å². The van der Waals surface area contributed by atoms with Crippen molar-refractivity contribution in [3.63, 3.8) is 0 Å². The first kappa shape index (κ1) is 19.4. The van der Waals surface area contributed by atoms with Crippen LogP contribution in [0.4, 0.5) is 5.82 Å². The van der Waals surface area contributed by atoms with Crippen molar-refractivity contribution in [3.05, 3.63) is 40.7 Å². The summed E-state index contributed by atoms with van der Waals surface area (Å²) in [6, 6.07) is 5.96. The average Bonchev–Trinajstić information content (AvgIpc) is 3.34. The van der Waals surface area contributed by atoms with E-state index >= 15 is 0 Å². The molecule has 152 valence electrons. The van der Waals surface area contributed by atoms with Crippen LogP contribution in [-0.2, 0) is 12.8 Å². The quantitative estimate of drug-likeness (QED) is 0.595. The number of hydrogen-bond donors (Lipinski definition) is 1. The number of nitrogens with one attached hydrogen (secondary N) is 1. The molecule has 1 aliphatic carbocycles. The van der Waals surface area contributed by atoms with E-state index in [2.05, 4.69) is 19.2 Å². The number of aryl methyl sites for hydroxylation is 2. The topological polar surface area (TPSA) is 68.5 Å². The lowest BCUT2D eigenvalue weighted by Gasteiger charge is -2.19. The number of fused-ring (bicyclic) bond motifs is 2. The summed E-state index contributed by atoms with van der Waals surface area (Å²) in [5.41, 5.74) is 6.44. The van der Waals surface area contributed by atoms with Gasteiger partial charge in [-0.1, -0.05) is 13.8 Å². The van der Waals surface area contributed by atoms with Crippen molar-refractivity contribution in [1.82, 2.24) is 14.6 Å². The number of anilines is 1. The molecule has 1 N–H and O–H groups in total. The van der Waals surface area contributed by atoms with Crippen LogP contribution < -0.4 is 10.1 Å². The van der Waals surface area contributed by atoms with Gasteiger partial charge in [0, 0.05) is 22.9 Å². The van der Waals surface area contributed by atoms with Crippen molar-refractivity contribution in [2.75, 3.05) is 12.4 Å². The number of aldehydes is 1. The average molecular weight is 393 g/mol. The zero-order valence-electron chi connectivity index (χ0n) is 17.6. The Bertz CT molecular complexity index is 1070. The number of hydrogen-bond acceptors (Lipinski definition) is 5. The molecule has 0 saturated heterocycles. The van der Waals surface area contributed by atoms with Gasteiger partial charge in [-0.25, -0.2) is 4.98 Å². The Balaban J connectivity index is 1.96. The molecule has 6 heteroatoms. The third-order valence-corrected chi connectivity index (χ3v) is 5.94. The molecule has 3 aromatic rings. The van der Waals surface area contributed by atoms with E-state index in [0.29, 0.717) is 17.4 Å². The lowest BCUT2D eigenvalue weighted by atomic mass is 10.00. The molecule has 4 rings (SSSR count). The summed E-state index contributed by atoms with van der Waals surface area (Å²) in [4.78, 5) is 16.8. The second-order valence-corrected chi connectivity index (χ2v) is 7.66. The molecule has 6 nitrogen and oxygen atoms in total. The molecule has 1 aromatic carbocycles. The Hall–Kier alpha value is -2.89. The molecule has 2 aromatic heterocycles. The zero-order chi connectivity index (χ0) is 20.5. The van der Waals surface area contributed by atoms with Crippen molar-refractivity contribution in [1.29, 1.82) is 0 Å². The fourth-order valence-electron chi connectivity index (χ4n) is 4.28. The molecule has 0 aliphatic heterocycles. The second-order valence-electron chi connectivity index (χ2n) is 7.66. The van der Waals surface area contributed by atoms with E-state index in [-0.39, 0.29) is 0 Å². The smallest absolute Gasteiger partial charge is 0.165 e. The molecule has 0 spiro atoms. The minimum atomic E-state index is 0.393. The molecular formula is C23H28N4O2. The highest BCUT2D eigenvalue weighted by Crippen LogP contribution is 2.36. The molecule has 1 aliphatic rings. The summed E-state index contributed by atoms with van der Waals surface area (Å²) >= 11 is 0. The first-order valence-corrected chi connectivity index (χ1v) is 10.4. The van der Waals surface area contributed by atoms with E-state index in [4.69, 9.17) is 14.8 Å². The van der Waals surface area contributed by atoms with Gasteiger partial charge in [0.05, 0.1) is 18.4 Å². The Morgan fingerprint density at radius 3 is 2.76 bits per heavy atom. The lowest BCUT2D eigenvalue weighted by molar-refractivity contribution is 0.112. The largest absolute Gasteiger partial charge is 0.497 e. The molecule has 0 saturated carbocycles. The molecule has 0 unspecified atom stereocenters. The van der Waals surface area contributed by atoms with Crippen LogP contribution in [0, 0.1) is 6.92 Å². The van der Waals surface area contributed by atoms with Gasteiger partial charge in [0.25, 0.3) is 0 Å². The van der Waals surface area contributed by atoms with Gasteiger partial charge in [-0.05, 0) is 62.8 Å². The van der Waals surface area contributed by atoms with Gasteiger partial charge in [-0.2, -0.15) is 9.61 Å². The summed E-state index contributed by atoms with van der Waals surface area (Å²) in [6.45, 7) is 6.38. The first-order chi connectivity index (χ1) is 14.1. The fraction of sp³-hybridized carbons (Fsp3) is 0.435. The Morgan fingerprint density at radius 2 is 2.07 bits per heavy atom. The summed E-state index contributed by atoms with van der Waals surface area (Å²) in [7, 11) is 1.60. The van der Waals surface area contributed by atoms with E-state index in [1.54, 1.807) is 13.2 Å². The highest BCUT2D eigenvalue weighted by atomic mass is 16.5. The number of carbonyl (C=O) groups excluding carboxylic acids is 1. The van der Waals surface area contributed by atoms with Gasteiger partial charge in [0.1, 0.15) is 11.6 Å². The van der Waals surface area contributed by atoms with E-state index in [9.17, 15) is 4.79 Å². The number of nitrogens with zero attached hydrogens (tertiary/aromatic N) is 3. The predicted molar refractivity (Wildman–Crippen MR) is 115 cm³/mol. The van der Waals surface area contributed by atoms with E-state index in [1.807, 2.05) is 23.6 Å². The van der Waals surface area contributed by atoms with Gasteiger partial charge < -0.3 is 10.1 Å². The summed E-state index contributed by atoms with van der Waals surface area (Å²) in [6.07, 6.45) is 6.10. The van der Waals surface area contributed by atoms with Gasteiger partial charge in [-0.3, -0.25) is 4.79 Å². The molecule has 29 heavy (non-hydrogen) atoms. The number of carbonyl (C=O) groups is 1. The van der Waals surface area contributed by atoms with Crippen molar-refractivity contribution in [2.45, 2.75) is 58.9 Å². The van der Waals surface area contributed by atoms with Crippen LogP contribution in [0.3, 0.4) is 0 Å². The molecule has 0 radical (unpaired) electrons. The highest BCUT2D eigenvalue weighted by Gasteiger charge is 2.25. The van der Waals surface area contributed by atoms with Crippen LogP contribution in [0.5, 0.6) is 5.75 Å². The van der Waals surface area contributed by atoms with Crippen LogP contribution in [0.2, 0.25) is 0 Å². The predicted octanol–water partition coefficient (Wildman–Crippen LogP) is 4.62. The van der Waals surface area contributed by atoms with Crippen molar-refractivity contribution < 1.29 is 9.53 Å². The number of benzene rings is 1. The standard InChI is InChI=1S/C23H28N4O2/c1-5-16(6-2)24-22-19-8-7-9-20(19)25-23-21(14(3)26-27(22)23)18-11-10-17(29-4)12-15(18)13-28/h10-13,16,24H,5-9H2,1-4H3. The zero-order valence-corrected chi connectivity index (χ0v) is 17.6. The van der Waals surface area contributed by atoms with Crippen molar-refractivity contribution in [2.24, 2.45) is 0 Å². The van der Waals surface area contributed by atoms with Gasteiger partial charge in [0.15, 0.2) is 11.9 Å². The van der Waals surface area contributed by atoms with Crippen LogP contribution >= 0.6 is 0 Å². The van der Waals surface area contributed by atoms with Gasteiger partial charge in [-0.15, -0.1) is 0 Å². The highest BCUT2D eigenvalue weighted by molar-refractivity contribution is 5.93. The Kier molecular flexibility index (Phi) is 5.26. The Labute approximate surface area is 171 Å². The molecule has 2 heterocycles. The number of methoxy groups -OCH3 is 1. The number of ether oxygens (including phenoxy) is 1. The summed E-state index contributed by atoms with van der Waals surface area (Å²) < 4.78 is 7.24. The van der Waals surface area contributed by atoms with Gasteiger partial charge in [0.2, 0.25) is 0 Å². The summed E-state index contributed by atoms with van der Waals surface area (Å²) in [5.74, 6) is 1.72. The maximum absolute atomic E-state index is 11.8. The minimum absolute atomic E-state index is 0.393. The van der Waals surface area contributed by atoms with Crippen LogP contribution in [0.1, 0.15) is 60.4 Å². The fourth-order valence-corrected chi connectivity index (χ4v) is 4.28. The van der Waals surface area contributed by atoms with Crippen molar-refractivity contribution >= 4 is 17.8 Å². The maximum atomic E-state index is 11.8. The minimum Gasteiger partial charge on any atom is -0.497 e. The monoisotopic (exact) mass is 392 g/mol. The lowest BCUT2D eigenvalue weighted by Crippen LogP contribution is -2.21. The SMILES string of the molecule is CCC(CC)Nc1c2c(nc3c(-c4ccc(OC)cc4C=O)c(C)nn13)CCC2. The Morgan fingerprint density at radius 1 is 1.28 bits per heavy atom. The molecule has 0 fully saturated rings. The molecule has 0 atom stereocenters. The third-order valence-electron chi connectivity index (χ3n) is 5.94. The molecular weight excluding hydrogens is 364 g/mol. The van der Waals surface area contributed by atoms with E-state index in [0.717, 1.165) is 72.4 Å². The third kappa shape index (κ3) is 3.26. The number of aromatic nitrogens is 3. The van der Waals surface area contributed by atoms with E-state index in [1.165, 1.54) is 5.56 Å².